The maximum atomic E-state index is 13.3. The number of carbonyl (C=O) groups is 1. The van der Waals surface area contributed by atoms with Crippen LogP contribution in [-0.4, -0.2) is 41.6 Å². The third kappa shape index (κ3) is 5.07. The lowest BCUT2D eigenvalue weighted by Crippen LogP contribution is -2.51. The van der Waals surface area contributed by atoms with Crippen molar-refractivity contribution in [3.63, 3.8) is 0 Å². The smallest absolute Gasteiger partial charge is 0.411 e. The summed E-state index contributed by atoms with van der Waals surface area (Å²) in [6.07, 6.45) is 3.48. The molecule has 2 aliphatic rings. The molecule has 200 valence electrons. The van der Waals surface area contributed by atoms with Crippen molar-refractivity contribution in [2.75, 3.05) is 6.54 Å². The molecule has 38 heavy (non-hydrogen) atoms. The highest BCUT2D eigenvalue weighted by Gasteiger charge is 2.49. The average molecular weight is 535 g/mol. The number of cyclic esters (lactones) is 1. The molecule has 5 rings (SSSR count). The van der Waals surface area contributed by atoms with E-state index in [2.05, 4.69) is 4.98 Å². The summed E-state index contributed by atoms with van der Waals surface area (Å²) >= 11 is 0. The van der Waals surface area contributed by atoms with Gasteiger partial charge < -0.3 is 14.7 Å². The van der Waals surface area contributed by atoms with Crippen molar-refractivity contribution in [2.24, 2.45) is 0 Å². The van der Waals surface area contributed by atoms with Gasteiger partial charge in [-0.25, -0.2) is 13.2 Å². The molecule has 1 saturated heterocycles. The highest BCUT2D eigenvalue weighted by Crippen LogP contribution is 2.48. The van der Waals surface area contributed by atoms with Crippen molar-refractivity contribution < 1.29 is 23.1 Å². The first kappa shape index (κ1) is 26.4. The van der Waals surface area contributed by atoms with Gasteiger partial charge in [-0.15, -0.1) is 0 Å². The minimum Gasteiger partial charge on any atom is -0.438 e. The van der Waals surface area contributed by atoms with Gasteiger partial charge in [0, 0.05) is 31.1 Å². The fraction of sp³-hybridized carbons (Fsp3) is 0.400. The van der Waals surface area contributed by atoms with Crippen LogP contribution >= 0.6 is 0 Å². The summed E-state index contributed by atoms with van der Waals surface area (Å²) in [5.41, 5.74) is 2.47. The molecular weight excluding hydrogens is 500 g/mol. The molecule has 8 heteroatoms. The van der Waals surface area contributed by atoms with Crippen LogP contribution in [0, 0.1) is 0 Å². The normalized spacial score (nSPS) is 21.7. The van der Waals surface area contributed by atoms with E-state index in [0.29, 0.717) is 37.9 Å². The Kier molecular flexibility index (Phi) is 6.82. The molecule has 2 heterocycles. The first-order valence-electron chi connectivity index (χ1n) is 13.0. The van der Waals surface area contributed by atoms with Gasteiger partial charge >= 0.3 is 6.09 Å². The molecule has 1 aromatic heterocycles. The fourth-order valence-electron chi connectivity index (χ4n) is 5.52. The number of nitrogens with zero attached hydrogens (tertiary/aromatic N) is 2. The van der Waals surface area contributed by atoms with Crippen LogP contribution in [-0.2, 0) is 25.8 Å². The fourth-order valence-corrected chi connectivity index (χ4v) is 6.31. The highest BCUT2D eigenvalue weighted by molar-refractivity contribution is 7.73. The van der Waals surface area contributed by atoms with Gasteiger partial charge in [-0.1, -0.05) is 60.7 Å². The molecule has 2 aromatic carbocycles. The number of amides is 1. The second-order valence-electron chi connectivity index (χ2n) is 11.2. The molecule has 1 saturated carbocycles. The number of ether oxygens (including phenoxy) is 1. The molecule has 0 unspecified atom stereocenters. The van der Waals surface area contributed by atoms with Crippen LogP contribution in [0.4, 0.5) is 4.79 Å². The zero-order chi connectivity index (χ0) is 27.1. The molecule has 1 N–H and O–H groups in total. The Morgan fingerprint density at radius 2 is 1.66 bits per heavy atom. The number of benzene rings is 2. The van der Waals surface area contributed by atoms with Gasteiger partial charge in [0.1, 0.15) is 10.3 Å². The SMILES string of the molecule is C[C@@H](c1ccc(-c2ccc(C3([SH](=O)=O)CC3)nc2)cc1)N1CC[C@](CC(C)(C)O)(c2ccccc2)OC1=O. The van der Waals surface area contributed by atoms with Gasteiger partial charge in [-0.2, -0.15) is 0 Å². The number of hydrogen-bond acceptors (Lipinski definition) is 6. The Morgan fingerprint density at radius 3 is 2.18 bits per heavy atom. The molecule has 0 radical (unpaired) electrons. The minimum absolute atomic E-state index is 0.198. The van der Waals surface area contributed by atoms with E-state index >= 15 is 0 Å². The summed E-state index contributed by atoms with van der Waals surface area (Å²) < 4.78 is 28.6. The molecule has 0 bridgehead atoms. The van der Waals surface area contributed by atoms with Crippen LogP contribution < -0.4 is 0 Å². The van der Waals surface area contributed by atoms with Crippen molar-refractivity contribution in [3.8, 4) is 11.1 Å². The second-order valence-corrected chi connectivity index (χ2v) is 12.5. The molecule has 1 aliphatic heterocycles. The van der Waals surface area contributed by atoms with Gasteiger partial charge in [-0.3, -0.25) is 4.98 Å². The van der Waals surface area contributed by atoms with Crippen LogP contribution in [0.3, 0.4) is 0 Å². The van der Waals surface area contributed by atoms with Crippen LogP contribution in [0.1, 0.15) is 69.3 Å². The molecule has 1 aliphatic carbocycles. The predicted octanol–water partition coefficient (Wildman–Crippen LogP) is 5.31. The van der Waals surface area contributed by atoms with E-state index in [1.165, 1.54) is 0 Å². The number of thiol groups is 1. The topological polar surface area (TPSA) is 96.8 Å². The monoisotopic (exact) mass is 534 g/mol. The van der Waals surface area contributed by atoms with Crippen LogP contribution in [0.15, 0.2) is 72.9 Å². The van der Waals surface area contributed by atoms with Gasteiger partial charge in [0.2, 0.25) is 0 Å². The maximum Gasteiger partial charge on any atom is 0.411 e. The van der Waals surface area contributed by atoms with E-state index in [1.807, 2.05) is 67.6 Å². The first-order chi connectivity index (χ1) is 18.0. The quantitative estimate of drug-likeness (QED) is 0.380. The van der Waals surface area contributed by atoms with Gasteiger partial charge in [0.05, 0.1) is 17.3 Å². The zero-order valence-electron chi connectivity index (χ0n) is 22.0. The maximum absolute atomic E-state index is 13.3. The summed E-state index contributed by atoms with van der Waals surface area (Å²) in [5.74, 6) is 0. The number of rotatable bonds is 8. The Bertz CT molecular complexity index is 1370. The summed E-state index contributed by atoms with van der Waals surface area (Å²) in [7, 11) is -2.54. The summed E-state index contributed by atoms with van der Waals surface area (Å²) in [6.45, 7) is 5.96. The van der Waals surface area contributed by atoms with E-state index in [0.717, 1.165) is 22.3 Å². The lowest BCUT2D eigenvalue weighted by atomic mass is 9.80. The van der Waals surface area contributed by atoms with Crippen molar-refractivity contribution >= 4 is 16.8 Å². The molecule has 2 fully saturated rings. The summed E-state index contributed by atoms with van der Waals surface area (Å²) in [6, 6.07) is 21.1. The number of hydrogen-bond donors (Lipinski definition) is 2. The minimum atomic E-state index is -2.54. The summed E-state index contributed by atoms with van der Waals surface area (Å²) in [4.78, 5) is 19.5. The van der Waals surface area contributed by atoms with Crippen LogP contribution in [0.2, 0.25) is 0 Å². The number of carbonyl (C=O) groups excluding carboxylic acids is 1. The Balaban J connectivity index is 1.31. The van der Waals surface area contributed by atoms with E-state index in [-0.39, 0.29) is 6.04 Å². The molecular formula is C30H34N2O5S. The van der Waals surface area contributed by atoms with Crippen molar-refractivity contribution in [2.45, 2.75) is 68.4 Å². The van der Waals surface area contributed by atoms with Crippen molar-refractivity contribution in [3.05, 3.63) is 89.7 Å². The third-order valence-electron chi connectivity index (χ3n) is 7.80. The van der Waals surface area contributed by atoms with E-state index in [1.54, 1.807) is 31.0 Å². The second kappa shape index (κ2) is 9.82. The Morgan fingerprint density at radius 1 is 1.00 bits per heavy atom. The van der Waals surface area contributed by atoms with Crippen LogP contribution in [0.25, 0.3) is 11.1 Å². The Labute approximate surface area is 225 Å². The number of aliphatic hydroxyl groups is 1. The van der Waals surface area contributed by atoms with Crippen LogP contribution in [0.5, 0.6) is 0 Å². The first-order valence-corrected chi connectivity index (χ1v) is 14.2. The zero-order valence-corrected chi connectivity index (χ0v) is 22.9. The predicted molar refractivity (Wildman–Crippen MR) is 146 cm³/mol. The molecule has 2 atom stereocenters. The summed E-state index contributed by atoms with van der Waals surface area (Å²) in [5, 5.41) is 10.6. The standard InChI is InChI=1S/C30H34N2O5S/c1-21(32-18-17-29(37-27(32)33,20-28(2,3)34)25-7-5-4-6-8-25)22-9-11-23(12-10-22)24-13-14-26(31-19-24)30(15-16-30)38(35)36/h4-14,19,21,34,38H,15-18,20H2,1-3H3/t21-,29-/m0/s1. The Hall–Kier alpha value is -3.23. The van der Waals surface area contributed by atoms with Crippen molar-refractivity contribution in [1.82, 2.24) is 9.88 Å². The lowest BCUT2D eigenvalue weighted by Gasteiger charge is -2.45. The molecule has 7 nitrogen and oxygen atoms in total. The lowest BCUT2D eigenvalue weighted by molar-refractivity contribution is -0.101. The third-order valence-corrected chi connectivity index (χ3v) is 9.17. The van der Waals surface area contributed by atoms with E-state index < -0.39 is 32.7 Å². The average Bonchev–Trinajstić information content (AvgIpc) is 3.71. The number of aromatic nitrogens is 1. The largest absolute Gasteiger partial charge is 0.438 e. The van der Waals surface area contributed by atoms with Gasteiger partial charge in [0.15, 0.2) is 10.7 Å². The van der Waals surface area contributed by atoms with E-state index in [9.17, 15) is 18.3 Å². The van der Waals surface area contributed by atoms with E-state index in [4.69, 9.17) is 4.74 Å². The van der Waals surface area contributed by atoms with Crippen molar-refractivity contribution in [1.29, 1.82) is 0 Å². The molecule has 1 amide bonds. The molecule has 3 aromatic rings. The number of pyridine rings is 1. The highest BCUT2D eigenvalue weighted by atomic mass is 32.2. The van der Waals surface area contributed by atoms with Gasteiger partial charge in [-0.05, 0) is 56.4 Å². The van der Waals surface area contributed by atoms with Gasteiger partial charge in [0.25, 0.3) is 0 Å². The molecule has 0 spiro atoms.